The first-order valence-electron chi connectivity index (χ1n) is 9.05. The van der Waals surface area contributed by atoms with E-state index in [9.17, 15) is 9.90 Å². The lowest BCUT2D eigenvalue weighted by Gasteiger charge is -2.23. The molecular formula is C19H36O3. The summed E-state index contributed by atoms with van der Waals surface area (Å²) in [6, 6.07) is 0. The minimum atomic E-state index is -0.778. The Balaban J connectivity index is 4.35. The Bertz CT molecular complexity index is 312. The van der Waals surface area contributed by atoms with E-state index in [-0.39, 0.29) is 11.5 Å². The molecule has 0 fully saturated rings. The minimum absolute atomic E-state index is 0.0991. The average Bonchev–Trinajstić information content (AvgIpc) is 2.54. The van der Waals surface area contributed by atoms with Crippen LogP contribution in [0.4, 0.5) is 0 Å². The summed E-state index contributed by atoms with van der Waals surface area (Å²) in [6.07, 6.45) is 7.57. The fourth-order valence-electron chi connectivity index (χ4n) is 2.64. The topological polar surface area (TPSA) is 46.5 Å². The minimum Gasteiger partial charge on any atom is -0.462 e. The second kappa shape index (κ2) is 12.7. The smallest absolute Gasteiger partial charge is 0.336 e. The van der Waals surface area contributed by atoms with Crippen LogP contribution >= 0.6 is 0 Å². The Morgan fingerprint density at radius 2 is 1.64 bits per heavy atom. The lowest BCUT2D eigenvalue weighted by atomic mass is 9.89. The number of hydrogen-bond donors (Lipinski definition) is 1. The molecule has 3 unspecified atom stereocenters. The Hall–Kier alpha value is -0.830. The Labute approximate surface area is 137 Å². The second-order valence-electron chi connectivity index (χ2n) is 6.30. The van der Waals surface area contributed by atoms with E-state index in [2.05, 4.69) is 27.4 Å². The van der Waals surface area contributed by atoms with Crippen LogP contribution in [0.5, 0.6) is 0 Å². The van der Waals surface area contributed by atoms with E-state index < -0.39 is 12.1 Å². The van der Waals surface area contributed by atoms with Gasteiger partial charge in [0.1, 0.15) is 0 Å². The van der Waals surface area contributed by atoms with Crippen LogP contribution in [0.25, 0.3) is 0 Å². The zero-order chi connectivity index (χ0) is 17.0. The summed E-state index contributed by atoms with van der Waals surface area (Å²) in [7, 11) is 0. The van der Waals surface area contributed by atoms with E-state index in [0.717, 1.165) is 51.4 Å². The van der Waals surface area contributed by atoms with Crippen molar-refractivity contribution in [1.82, 2.24) is 0 Å². The van der Waals surface area contributed by atoms with Crippen molar-refractivity contribution < 1.29 is 14.6 Å². The molecule has 0 saturated carbocycles. The fraction of sp³-hybridized carbons (Fsp3) is 0.842. The van der Waals surface area contributed by atoms with Gasteiger partial charge in [0.05, 0.1) is 18.3 Å². The highest BCUT2D eigenvalue weighted by Gasteiger charge is 2.25. The first-order valence-corrected chi connectivity index (χ1v) is 9.05. The van der Waals surface area contributed by atoms with E-state index in [1.165, 1.54) is 0 Å². The molecule has 0 spiro atoms. The Morgan fingerprint density at radius 1 is 1.05 bits per heavy atom. The van der Waals surface area contributed by atoms with Crippen molar-refractivity contribution in [3.63, 3.8) is 0 Å². The monoisotopic (exact) mass is 312 g/mol. The van der Waals surface area contributed by atoms with Gasteiger partial charge in [-0.05, 0) is 24.7 Å². The number of ether oxygens (including phenoxy) is 1. The second-order valence-corrected chi connectivity index (χ2v) is 6.30. The molecular weight excluding hydrogens is 276 g/mol. The summed E-state index contributed by atoms with van der Waals surface area (Å²) in [5.41, 5.74) is 0.216. The summed E-state index contributed by atoms with van der Waals surface area (Å²) in [5, 5.41) is 10.3. The predicted molar refractivity (Wildman–Crippen MR) is 92.7 cm³/mol. The molecule has 0 bridgehead atoms. The molecule has 130 valence electrons. The number of aliphatic hydroxyl groups is 1. The summed E-state index contributed by atoms with van der Waals surface area (Å²) >= 11 is 0. The van der Waals surface area contributed by atoms with Gasteiger partial charge in [0.15, 0.2) is 0 Å². The number of rotatable bonds is 13. The molecule has 0 radical (unpaired) electrons. The van der Waals surface area contributed by atoms with E-state index in [4.69, 9.17) is 4.74 Å². The number of carbonyl (C=O) groups excluding carboxylic acids is 1. The van der Waals surface area contributed by atoms with Crippen molar-refractivity contribution in [2.75, 3.05) is 6.61 Å². The summed E-state index contributed by atoms with van der Waals surface area (Å²) in [4.78, 5) is 12.1. The van der Waals surface area contributed by atoms with Gasteiger partial charge in [-0.1, -0.05) is 72.8 Å². The fourth-order valence-corrected chi connectivity index (χ4v) is 2.64. The van der Waals surface area contributed by atoms with Crippen LogP contribution in [-0.2, 0) is 9.53 Å². The van der Waals surface area contributed by atoms with Crippen LogP contribution in [0.1, 0.15) is 79.1 Å². The lowest BCUT2D eigenvalue weighted by Crippen LogP contribution is -2.28. The van der Waals surface area contributed by atoms with Crippen molar-refractivity contribution in [3.8, 4) is 0 Å². The molecule has 0 rings (SSSR count). The van der Waals surface area contributed by atoms with Crippen LogP contribution < -0.4 is 0 Å². The van der Waals surface area contributed by atoms with Crippen LogP contribution in [0.15, 0.2) is 12.2 Å². The average molecular weight is 312 g/mol. The van der Waals surface area contributed by atoms with Crippen molar-refractivity contribution >= 4 is 5.97 Å². The summed E-state index contributed by atoms with van der Waals surface area (Å²) < 4.78 is 5.38. The summed E-state index contributed by atoms with van der Waals surface area (Å²) in [6.45, 7) is 12.7. The van der Waals surface area contributed by atoms with Crippen molar-refractivity contribution in [1.29, 1.82) is 0 Å². The third-order valence-corrected chi connectivity index (χ3v) is 4.51. The van der Waals surface area contributed by atoms with Gasteiger partial charge >= 0.3 is 5.97 Å². The maximum Gasteiger partial charge on any atom is 0.336 e. The zero-order valence-corrected chi connectivity index (χ0v) is 15.1. The molecule has 0 aliphatic rings. The van der Waals surface area contributed by atoms with Crippen molar-refractivity contribution in [2.45, 2.75) is 85.2 Å². The lowest BCUT2D eigenvalue weighted by molar-refractivity contribution is -0.142. The quantitative estimate of drug-likeness (QED) is 0.389. The van der Waals surface area contributed by atoms with Crippen LogP contribution in [0.3, 0.4) is 0 Å². The first kappa shape index (κ1) is 21.2. The van der Waals surface area contributed by atoms with Crippen molar-refractivity contribution in [2.24, 2.45) is 11.8 Å². The summed E-state index contributed by atoms with van der Waals surface area (Å²) in [5.74, 6) is 0.0790. The van der Waals surface area contributed by atoms with Gasteiger partial charge < -0.3 is 9.84 Å². The van der Waals surface area contributed by atoms with Crippen LogP contribution in [0, 0.1) is 11.8 Å². The molecule has 22 heavy (non-hydrogen) atoms. The molecule has 0 saturated heterocycles. The maximum absolute atomic E-state index is 12.1. The molecule has 3 nitrogen and oxygen atoms in total. The zero-order valence-electron chi connectivity index (χ0n) is 15.1. The standard InChI is InChI=1S/C19H36O3/c1-6-10-12-16(8-3)14-22-19(21)15(5)18(20)17(9-4)13-11-7-2/h16-18,20H,5-14H2,1-4H3. The number of unbranched alkanes of at least 4 members (excludes halogenated alkanes) is 2. The van der Waals surface area contributed by atoms with Crippen LogP contribution in [-0.4, -0.2) is 23.8 Å². The van der Waals surface area contributed by atoms with Gasteiger partial charge in [-0.3, -0.25) is 0 Å². The van der Waals surface area contributed by atoms with Gasteiger partial charge in [0, 0.05) is 0 Å². The van der Waals surface area contributed by atoms with Gasteiger partial charge in [0.2, 0.25) is 0 Å². The highest BCUT2D eigenvalue weighted by atomic mass is 16.5. The molecule has 0 aromatic carbocycles. The molecule has 0 aliphatic heterocycles. The van der Waals surface area contributed by atoms with Crippen LogP contribution in [0.2, 0.25) is 0 Å². The van der Waals surface area contributed by atoms with Gasteiger partial charge in [0.25, 0.3) is 0 Å². The van der Waals surface area contributed by atoms with E-state index in [1.54, 1.807) is 0 Å². The molecule has 0 aromatic heterocycles. The van der Waals surface area contributed by atoms with E-state index in [0.29, 0.717) is 12.5 Å². The molecule has 0 amide bonds. The van der Waals surface area contributed by atoms with Gasteiger partial charge in [-0.25, -0.2) is 4.79 Å². The van der Waals surface area contributed by atoms with E-state index in [1.807, 2.05) is 6.92 Å². The Morgan fingerprint density at radius 3 is 2.14 bits per heavy atom. The number of carbonyl (C=O) groups is 1. The van der Waals surface area contributed by atoms with E-state index >= 15 is 0 Å². The van der Waals surface area contributed by atoms with Gasteiger partial charge in [-0.15, -0.1) is 0 Å². The molecule has 1 N–H and O–H groups in total. The SMILES string of the molecule is C=C(C(=O)OCC(CC)CCCC)C(O)C(CC)CCCC. The van der Waals surface area contributed by atoms with Gasteiger partial charge in [-0.2, -0.15) is 0 Å². The first-order chi connectivity index (χ1) is 10.5. The third kappa shape index (κ3) is 7.98. The number of esters is 1. The third-order valence-electron chi connectivity index (χ3n) is 4.51. The number of hydrogen-bond acceptors (Lipinski definition) is 3. The largest absolute Gasteiger partial charge is 0.462 e. The number of aliphatic hydroxyl groups excluding tert-OH is 1. The molecule has 3 heteroatoms. The molecule has 0 aliphatic carbocycles. The van der Waals surface area contributed by atoms with Crippen molar-refractivity contribution in [3.05, 3.63) is 12.2 Å². The Kier molecular flexibility index (Phi) is 12.2. The predicted octanol–water partition coefficient (Wildman–Crippen LogP) is 4.88. The maximum atomic E-state index is 12.1. The molecule has 0 aromatic rings. The molecule has 3 atom stereocenters. The highest BCUT2D eigenvalue weighted by Crippen LogP contribution is 2.22. The normalized spacial score (nSPS) is 15.1. The highest BCUT2D eigenvalue weighted by molar-refractivity contribution is 5.88. The molecule has 0 heterocycles.